The van der Waals surface area contributed by atoms with Gasteiger partial charge in [-0.3, -0.25) is 4.79 Å². The van der Waals surface area contributed by atoms with Gasteiger partial charge in [0.2, 0.25) is 5.91 Å². The van der Waals surface area contributed by atoms with Crippen LogP contribution in [0.3, 0.4) is 0 Å². The molecule has 0 fully saturated rings. The number of hydrogen-bond acceptors (Lipinski definition) is 2. The molecule has 1 aromatic rings. The van der Waals surface area contributed by atoms with Gasteiger partial charge in [0.1, 0.15) is 0 Å². The van der Waals surface area contributed by atoms with E-state index in [1.54, 1.807) is 0 Å². The molecule has 1 aliphatic heterocycles. The van der Waals surface area contributed by atoms with Crippen LogP contribution in [0.2, 0.25) is 0 Å². The van der Waals surface area contributed by atoms with Gasteiger partial charge < -0.3 is 10.6 Å². The highest BCUT2D eigenvalue weighted by Gasteiger charge is 2.22. The maximum Gasteiger partial charge on any atom is 0.219 e. The minimum atomic E-state index is 0.174. The number of hydrogen-bond donors (Lipinski definition) is 2. The summed E-state index contributed by atoms with van der Waals surface area (Å²) in [6, 6.07) is 6.45. The summed E-state index contributed by atoms with van der Waals surface area (Å²) in [6.07, 6.45) is 2.57. The van der Waals surface area contributed by atoms with Crippen molar-refractivity contribution in [1.29, 1.82) is 0 Å². The van der Waals surface area contributed by atoms with E-state index in [2.05, 4.69) is 35.8 Å². The second kappa shape index (κ2) is 5.89. The Morgan fingerprint density at radius 2 is 2.33 bits per heavy atom. The quantitative estimate of drug-likeness (QED) is 0.838. The summed E-state index contributed by atoms with van der Waals surface area (Å²) >= 11 is 0. The van der Waals surface area contributed by atoms with Crippen LogP contribution in [0.15, 0.2) is 18.2 Å². The molecule has 0 saturated heterocycles. The summed E-state index contributed by atoms with van der Waals surface area (Å²) < 4.78 is 0. The average Bonchev–Trinajstić information content (AvgIpc) is 2.75. The van der Waals surface area contributed by atoms with Crippen LogP contribution in [0.25, 0.3) is 0 Å². The molecule has 0 bridgehead atoms. The van der Waals surface area contributed by atoms with E-state index >= 15 is 0 Å². The van der Waals surface area contributed by atoms with E-state index in [1.165, 1.54) is 16.8 Å². The molecule has 2 N–H and O–H groups in total. The zero-order valence-electron chi connectivity index (χ0n) is 11.3. The van der Waals surface area contributed by atoms with Gasteiger partial charge in [0.15, 0.2) is 0 Å². The highest BCUT2D eigenvalue weighted by Crippen LogP contribution is 2.35. The zero-order chi connectivity index (χ0) is 13.0. The monoisotopic (exact) mass is 246 g/mol. The van der Waals surface area contributed by atoms with Crippen LogP contribution in [0, 0.1) is 6.92 Å². The van der Waals surface area contributed by atoms with Gasteiger partial charge in [-0.1, -0.05) is 25.1 Å². The van der Waals surface area contributed by atoms with Gasteiger partial charge in [-0.2, -0.15) is 0 Å². The van der Waals surface area contributed by atoms with Crippen molar-refractivity contribution in [3.05, 3.63) is 29.3 Å². The van der Waals surface area contributed by atoms with Crippen molar-refractivity contribution in [3.63, 3.8) is 0 Å². The first kappa shape index (κ1) is 12.9. The van der Waals surface area contributed by atoms with Crippen molar-refractivity contribution in [2.75, 3.05) is 18.4 Å². The van der Waals surface area contributed by atoms with E-state index < -0.39 is 0 Å². The molecule has 1 amide bonds. The van der Waals surface area contributed by atoms with Gasteiger partial charge in [0.05, 0.1) is 0 Å². The van der Waals surface area contributed by atoms with Crippen LogP contribution in [0.5, 0.6) is 0 Å². The number of carbonyl (C=O) groups is 1. The Kier molecular flexibility index (Phi) is 4.24. The summed E-state index contributed by atoms with van der Waals surface area (Å²) in [5.74, 6) is 0.703. The molecular formula is C15H22N2O. The molecule has 0 aromatic heterocycles. The molecule has 1 atom stereocenters. The summed E-state index contributed by atoms with van der Waals surface area (Å²) in [4.78, 5) is 11.4. The number of amides is 1. The van der Waals surface area contributed by atoms with E-state index in [1.807, 2.05) is 6.92 Å². The molecule has 3 heteroatoms. The van der Waals surface area contributed by atoms with Gasteiger partial charge in [0.25, 0.3) is 0 Å². The fourth-order valence-corrected chi connectivity index (χ4v) is 2.57. The van der Waals surface area contributed by atoms with Crippen LogP contribution in [0.1, 0.15) is 43.2 Å². The van der Waals surface area contributed by atoms with Gasteiger partial charge in [-0.25, -0.2) is 0 Å². The third-order valence-electron chi connectivity index (χ3n) is 3.56. The van der Waals surface area contributed by atoms with Crippen molar-refractivity contribution < 1.29 is 4.79 Å². The lowest BCUT2D eigenvalue weighted by Crippen LogP contribution is -2.25. The maximum atomic E-state index is 11.4. The Labute approximate surface area is 109 Å². The Bertz CT molecular complexity index is 429. The van der Waals surface area contributed by atoms with Crippen molar-refractivity contribution in [3.8, 4) is 0 Å². The molecule has 1 aliphatic rings. The molecule has 1 heterocycles. The van der Waals surface area contributed by atoms with Crippen LogP contribution in [0.4, 0.5) is 5.69 Å². The van der Waals surface area contributed by atoms with Gasteiger partial charge in [-0.15, -0.1) is 0 Å². The zero-order valence-corrected chi connectivity index (χ0v) is 11.3. The van der Waals surface area contributed by atoms with E-state index in [0.717, 1.165) is 25.9 Å². The first-order valence-electron chi connectivity index (χ1n) is 6.82. The number of anilines is 1. The molecule has 98 valence electrons. The Hall–Kier alpha value is -1.51. The van der Waals surface area contributed by atoms with Crippen LogP contribution in [-0.4, -0.2) is 19.0 Å². The Morgan fingerprint density at radius 3 is 3.11 bits per heavy atom. The van der Waals surface area contributed by atoms with E-state index in [0.29, 0.717) is 12.3 Å². The number of para-hydroxylation sites is 1. The molecule has 1 unspecified atom stereocenters. The molecule has 1 aromatic carbocycles. The van der Waals surface area contributed by atoms with E-state index in [4.69, 9.17) is 0 Å². The predicted octanol–water partition coefficient (Wildman–Crippen LogP) is 2.81. The molecule has 0 spiro atoms. The first-order chi connectivity index (χ1) is 8.72. The molecular weight excluding hydrogens is 224 g/mol. The molecule has 0 aliphatic carbocycles. The minimum Gasteiger partial charge on any atom is -0.384 e. The molecule has 3 nitrogen and oxygen atoms in total. The number of fused-ring (bicyclic) bond motifs is 1. The van der Waals surface area contributed by atoms with Crippen LogP contribution >= 0.6 is 0 Å². The number of rotatable bonds is 5. The smallest absolute Gasteiger partial charge is 0.219 e. The SMILES string of the molecule is CCCC(=O)NCCC1CNc2c(C)cccc21. The van der Waals surface area contributed by atoms with Crippen molar-refractivity contribution >= 4 is 11.6 Å². The third-order valence-corrected chi connectivity index (χ3v) is 3.56. The fourth-order valence-electron chi connectivity index (χ4n) is 2.57. The lowest BCUT2D eigenvalue weighted by molar-refractivity contribution is -0.121. The largest absolute Gasteiger partial charge is 0.384 e. The molecule has 2 rings (SSSR count). The third kappa shape index (κ3) is 2.84. The lowest BCUT2D eigenvalue weighted by Gasteiger charge is -2.11. The van der Waals surface area contributed by atoms with Gasteiger partial charge in [0, 0.05) is 31.1 Å². The Balaban J connectivity index is 1.87. The normalized spacial score (nSPS) is 17.1. The standard InChI is InChI=1S/C15H22N2O/c1-3-5-14(18)16-9-8-12-10-17-15-11(2)6-4-7-13(12)15/h4,6-7,12,17H,3,5,8-10H2,1-2H3,(H,16,18). The average molecular weight is 246 g/mol. The van der Waals surface area contributed by atoms with Crippen LogP contribution < -0.4 is 10.6 Å². The molecule has 18 heavy (non-hydrogen) atoms. The van der Waals surface area contributed by atoms with Crippen molar-refractivity contribution in [2.45, 2.75) is 39.0 Å². The maximum absolute atomic E-state index is 11.4. The number of benzene rings is 1. The topological polar surface area (TPSA) is 41.1 Å². The highest BCUT2D eigenvalue weighted by molar-refractivity contribution is 5.75. The number of aryl methyl sites for hydroxylation is 1. The fraction of sp³-hybridized carbons (Fsp3) is 0.533. The second-order valence-electron chi connectivity index (χ2n) is 5.01. The summed E-state index contributed by atoms with van der Waals surface area (Å²) in [6.45, 7) is 5.93. The molecule has 0 radical (unpaired) electrons. The first-order valence-corrected chi connectivity index (χ1v) is 6.82. The van der Waals surface area contributed by atoms with Crippen molar-refractivity contribution in [2.24, 2.45) is 0 Å². The Morgan fingerprint density at radius 1 is 1.50 bits per heavy atom. The van der Waals surface area contributed by atoms with Crippen LogP contribution in [-0.2, 0) is 4.79 Å². The number of nitrogens with one attached hydrogen (secondary N) is 2. The van der Waals surface area contributed by atoms with Gasteiger partial charge in [-0.05, 0) is 30.9 Å². The molecule has 0 saturated carbocycles. The lowest BCUT2D eigenvalue weighted by atomic mass is 9.96. The summed E-state index contributed by atoms with van der Waals surface area (Å²) in [7, 11) is 0. The van der Waals surface area contributed by atoms with Crippen molar-refractivity contribution in [1.82, 2.24) is 5.32 Å². The highest BCUT2D eigenvalue weighted by atomic mass is 16.1. The number of carbonyl (C=O) groups excluding carboxylic acids is 1. The summed E-state index contributed by atoms with van der Waals surface area (Å²) in [5.41, 5.74) is 4.01. The van der Waals surface area contributed by atoms with E-state index in [-0.39, 0.29) is 5.91 Å². The summed E-state index contributed by atoms with van der Waals surface area (Å²) in [5, 5.41) is 6.46. The van der Waals surface area contributed by atoms with Gasteiger partial charge >= 0.3 is 0 Å². The predicted molar refractivity (Wildman–Crippen MR) is 74.9 cm³/mol. The second-order valence-corrected chi connectivity index (χ2v) is 5.01. The van der Waals surface area contributed by atoms with E-state index in [9.17, 15) is 4.79 Å². The minimum absolute atomic E-state index is 0.174.